The second-order valence-electron chi connectivity index (χ2n) is 4.32. The van der Waals surface area contributed by atoms with Gasteiger partial charge in [-0.1, -0.05) is 13.8 Å². The number of imide groups is 1. The van der Waals surface area contributed by atoms with E-state index in [1.54, 1.807) is 6.92 Å². The van der Waals surface area contributed by atoms with Crippen LogP contribution < -0.4 is 11.5 Å². The van der Waals surface area contributed by atoms with Crippen molar-refractivity contribution in [2.75, 3.05) is 0 Å². The molecule has 1 unspecified atom stereocenters. The van der Waals surface area contributed by atoms with E-state index in [0.29, 0.717) is 4.90 Å². The van der Waals surface area contributed by atoms with Gasteiger partial charge in [0.25, 0.3) is 0 Å². The van der Waals surface area contributed by atoms with Gasteiger partial charge in [0.1, 0.15) is 6.04 Å². The molecule has 0 saturated carbocycles. The van der Waals surface area contributed by atoms with Gasteiger partial charge in [0, 0.05) is 12.8 Å². The molecule has 5 N–H and O–H groups in total. The SMILES string of the molecule is CCC(=O)N(C(=O)C(N)CC)[C@H](CCC(=O)O)C(N)=O. The maximum atomic E-state index is 12.1. The van der Waals surface area contributed by atoms with Crippen molar-refractivity contribution in [3.8, 4) is 0 Å². The summed E-state index contributed by atoms with van der Waals surface area (Å²) in [6.45, 7) is 3.18. The number of nitrogens with zero attached hydrogens (tertiary/aromatic N) is 1. The molecule has 0 heterocycles. The van der Waals surface area contributed by atoms with Crippen molar-refractivity contribution in [1.29, 1.82) is 0 Å². The number of rotatable bonds is 8. The average Bonchev–Trinajstić information content (AvgIpc) is 2.40. The molecule has 3 amide bonds. The first-order valence-electron chi connectivity index (χ1n) is 6.38. The summed E-state index contributed by atoms with van der Waals surface area (Å²) in [7, 11) is 0. The normalized spacial score (nSPS) is 13.3. The van der Waals surface area contributed by atoms with Gasteiger partial charge in [0.2, 0.25) is 17.7 Å². The van der Waals surface area contributed by atoms with Gasteiger partial charge in [-0.2, -0.15) is 0 Å². The van der Waals surface area contributed by atoms with E-state index < -0.39 is 35.8 Å². The zero-order valence-corrected chi connectivity index (χ0v) is 11.7. The predicted octanol–water partition coefficient (Wildman–Crippen LogP) is -0.792. The van der Waals surface area contributed by atoms with Crippen molar-refractivity contribution in [3.05, 3.63) is 0 Å². The first kappa shape index (κ1) is 18.0. The third-order valence-electron chi connectivity index (χ3n) is 2.84. The Balaban J connectivity index is 5.32. The standard InChI is InChI=1S/C12H21N3O5/c1-3-7(13)12(20)15(9(16)4-2)8(11(14)19)5-6-10(17)18/h7-8H,3-6,13H2,1-2H3,(H2,14,19)(H,17,18)/t7?,8-/m1/s1. The zero-order valence-electron chi connectivity index (χ0n) is 11.7. The Bertz CT molecular complexity index is 397. The fraction of sp³-hybridized carbons (Fsp3) is 0.667. The fourth-order valence-electron chi connectivity index (χ4n) is 1.63. The van der Waals surface area contributed by atoms with Gasteiger partial charge in [-0.25, -0.2) is 0 Å². The lowest BCUT2D eigenvalue weighted by Crippen LogP contribution is -2.55. The third-order valence-corrected chi connectivity index (χ3v) is 2.84. The number of nitrogens with two attached hydrogens (primary N) is 2. The van der Waals surface area contributed by atoms with Crippen molar-refractivity contribution >= 4 is 23.7 Å². The van der Waals surface area contributed by atoms with Crippen molar-refractivity contribution in [1.82, 2.24) is 4.90 Å². The molecule has 114 valence electrons. The van der Waals surface area contributed by atoms with Gasteiger partial charge in [0.05, 0.1) is 6.04 Å². The van der Waals surface area contributed by atoms with Crippen LogP contribution in [0.1, 0.15) is 39.5 Å². The zero-order chi connectivity index (χ0) is 15.9. The van der Waals surface area contributed by atoms with Crippen LogP contribution in [-0.2, 0) is 19.2 Å². The van der Waals surface area contributed by atoms with E-state index in [-0.39, 0.29) is 25.7 Å². The highest BCUT2D eigenvalue weighted by atomic mass is 16.4. The smallest absolute Gasteiger partial charge is 0.303 e. The predicted molar refractivity (Wildman–Crippen MR) is 70.3 cm³/mol. The fourth-order valence-corrected chi connectivity index (χ4v) is 1.63. The van der Waals surface area contributed by atoms with Crippen LogP contribution in [0.5, 0.6) is 0 Å². The van der Waals surface area contributed by atoms with Crippen LogP contribution in [0, 0.1) is 0 Å². The molecule has 0 bridgehead atoms. The molecule has 0 aromatic rings. The number of aliphatic carboxylic acids is 1. The minimum absolute atomic E-state index is 0.0149. The molecule has 0 aliphatic heterocycles. The number of amides is 3. The number of hydrogen-bond donors (Lipinski definition) is 3. The maximum Gasteiger partial charge on any atom is 0.303 e. The highest BCUT2D eigenvalue weighted by Crippen LogP contribution is 2.12. The summed E-state index contributed by atoms with van der Waals surface area (Å²) in [5.74, 6) is -3.39. The molecule has 0 aliphatic carbocycles. The summed E-state index contributed by atoms with van der Waals surface area (Å²) in [5, 5.41) is 8.65. The van der Waals surface area contributed by atoms with Crippen LogP contribution in [-0.4, -0.2) is 45.8 Å². The Hall–Kier alpha value is -1.96. The lowest BCUT2D eigenvalue weighted by atomic mass is 10.1. The van der Waals surface area contributed by atoms with E-state index in [1.165, 1.54) is 6.92 Å². The van der Waals surface area contributed by atoms with E-state index in [0.717, 1.165) is 0 Å². The molecule has 0 fully saturated rings. The molecular formula is C12H21N3O5. The summed E-state index contributed by atoms with van der Waals surface area (Å²) in [5.41, 5.74) is 10.8. The van der Waals surface area contributed by atoms with Crippen LogP contribution in [0.25, 0.3) is 0 Å². The maximum absolute atomic E-state index is 12.1. The van der Waals surface area contributed by atoms with Crippen molar-refractivity contribution in [3.63, 3.8) is 0 Å². The van der Waals surface area contributed by atoms with Crippen LogP contribution in [0.15, 0.2) is 0 Å². The van der Waals surface area contributed by atoms with Crippen molar-refractivity contribution in [2.24, 2.45) is 11.5 Å². The quantitative estimate of drug-likeness (QED) is 0.533. The molecular weight excluding hydrogens is 266 g/mol. The Labute approximate surface area is 117 Å². The number of primary amides is 1. The molecule has 0 aromatic heterocycles. The van der Waals surface area contributed by atoms with Gasteiger partial charge in [-0.3, -0.25) is 24.1 Å². The topological polar surface area (TPSA) is 144 Å². The molecule has 0 rings (SSSR count). The molecule has 0 aliphatic rings. The third kappa shape index (κ3) is 4.96. The monoisotopic (exact) mass is 287 g/mol. The molecule has 0 spiro atoms. The second kappa shape index (κ2) is 8.26. The van der Waals surface area contributed by atoms with E-state index in [4.69, 9.17) is 16.6 Å². The van der Waals surface area contributed by atoms with Crippen molar-refractivity contribution < 1.29 is 24.3 Å². The van der Waals surface area contributed by atoms with Crippen LogP contribution in [0.4, 0.5) is 0 Å². The van der Waals surface area contributed by atoms with E-state index >= 15 is 0 Å². The van der Waals surface area contributed by atoms with Gasteiger partial charge in [0.15, 0.2) is 0 Å². The minimum Gasteiger partial charge on any atom is -0.481 e. The Morgan fingerprint density at radius 3 is 2.10 bits per heavy atom. The number of carboxylic acid groups (broad SMARTS) is 1. The molecule has 8 nitrogen and oxygen atoms in total. The molecule has 8 heteroatoms. The van der Waals surface area contributed by atoms with E-state index in [2.05, 4.69) is 0 Å². The number of carbonyl (C=O) groups is 4. The minimum atomic E-state index is -1.29. The number of carbonyl (C=O) groups excluding carboxylic acids is 3. The van der Waals surface area contributed by atoms with Gasteiger partial charge < -0.3 is 16.6 Å². The first-order valence-corrected chi connectivity index (χ1v) is 6.38. The summed E-state index contributed by atoms with van der Waals surface area (Å²) in [6.07, 6.45) is -0.329. The van der Waals surface area contributed by atoms with Gasteiger partial charge in [-0.15, -0.1) is 0 Å². The largest absolute Gasteiger partial charge is 0.481 e. The van der Waals surface area contributed by atoms with Gasteiger partial charge in [-0.05, 0) is 12.8 Å². The summed E-state index contributed by atoms with van der Waals surface area (Å²) < 4.78 is 0. The highest BCUT2D eigenvalue weighted by molar-refractivity contribution is 6.02. The molecule has 20 heavy (non-hydrogen) atoms. The molecule has 0 saturated heterocycles. The Kier molecular flexibility index (Phi) is 7.45. The lowest BCUT2D eigenvalue weighted by molar-refractivity contribution is -0.153. The molecule has 0 aromatic carbocycles. The van der Waals surface area contributed by atoms with E-state index in [1.807, 2.05) is 0 Å². The average molecular weight is 287 g/mol. The number of hydrogen-bond acceptors (Lipinski definition) is 5. The Morgan fingerprint density at radius 1 is 1.20 bits per heavy atom. The molecule has 2 atom stereocenters. The van der Waals surface area contributed by atoms with Gasteiger partial charge >= 0.3 is 5.97 Å². The van der Waals surface area contributed by atoms with Crippen LogP contribution >= 0.6 is 0 Å². The second-order valence-corrected chi connectivity index (χ2v) is 4.32. The molecule has 0 radical (unpaired) electrons. The first-order chi connectivity index (χ1) is 9.26. The van der Waals surface area contributed by atoms with Crippen LogP contribution in [0.2, 0.25) is 0 Å². The summed E-state index contributed by atoms with van der Waals surface area (Å²) in [6, 6.07) is -2.22. The highest BCUT2D eigenvalue weighted by Gasteiger charge is 2.34. The number of carboxylic acids is 1. The van der Waals surface area contributed by atoms with Crippen molar-refractivity contribution in [2.45, 2.75) is 51.6 Å². The Morgan fingerprint density at radius 2 is 1.75 bits per heavy atom. The summed E-state index contributed by atoms with van der Waals surface area (Å²) in [4.78, 5) is 46.7. The van der Waals surface area contributed by atoms with Crippen LogP contribution in [0.3, 0.4) is 0 Å². The lowest BCUT2D eigenvalue weighted by Gasteiger charge is -2.29. The van der Waals surface area contributed by atoms with E-state index in [9.17, 15) is 19.2 Å². The summed E-state index contributed by atoms with van der Waals surface area (Å²) >= 11 is 0.